The predicted octanol–water partition coefficient (Wildman–Crippen LogP) is 5.44. The number of hydrogen-bond donors (Lipinski definition) is 3. The van der Waals surface area contributed by atoms with Gasteiger partial charge in [-0.15, -0.1) is 11.3 Å². The maximum absolute atomic E-state index is 12.4. The van der Waals surface area contributed by atoms with Crippen LogP contribution in [0.2, 0.25) is 5.02 Å². The number of ether oxygens (including phenoxy) is 2. The molecule has 1 saturated heterocycles. The molecule has 2 amide bonds. The number of carbonyl (C=O) groups is 3. The van der Waals surface area contributed by atoms with Crippen molar-refractivity contribution in [1.82, 2.24) is 20.6 Å². The van der Waals surface area contributed by atoms with Gasteiger partial charge in [0.2, 0.25) is 11.8 Å². The molecule has 0 unspecified atom stereocenters. The minimum Gasteiger partial charge on any atom is -0.490 e. The topological polar surface area (TPSA) is 196 Å². The summed E-state index contributed by atoms with van der Waals surface area (Å²) in [5, 5.41) is 29.9. The van der Waals surface area contributed by atoms with Crippen LogP contribution in [0.1, 0.15) is 50.4 Å². The van der Waals surface area contributed by atoms with Crippen LogP contribution in [0.4, 0.5) is 5.82 Å². The van der Waals surface area contributed by atoms with Crippen LogP contribution in [0.25, 0.3) is 21.7 Å². The van der Waals surface area contributed by atoms with E-state index in [9.17, 15) is 24.9 Å². The van der Waals surface area contributed by atoms with Gasteiger partial charge in [-0.2, -0.15) is 10.5 Å². The van der Waals surface area contributed by atoms with Gasteiger partial charge >= 0.3 is 5.97 Å². The van der Waals surface area contributed by atoms with E-state index < -0.39 is 35.9 Å². The highest BCUT2D eigenvalue weighted by atomic mass is 35.5. The first-order valence-electron chi connectivity index (χ1n) is 17.2. The summed E-state index contributed by atoms with van der Waals surface area (Å²) in [6.45, 7) is 5.93. The second-order valence-electron chi connectivity index (χ2n) is 12.5. The standard InChI is InChI=1S/C38H39ClN8O5S2/c1-22(42)34(48)43-23(2)35(49)44-24(3)38(50)52-17-16-51-29-12-8-25(9-13-29)32-30(18-40)33(47-14-4-5-15-47)46-37(31(32)19-41)54-21-28-20-53-36(45-28)26-6-10-27(39)11-7-26/h6-13,20,22-24H,4-5,14-17,21,42H2,1-3H3,(H,43,48)(H,44,49)/t22-,23-,24-/m0/s1. The zero-order valence-electron chi connectivity index (χ0n) is 29.9. The summed E-state index contributed by atoms with van der Waals surface area (Å²) in [6, 6.07) is 16.5. The van der Waals surface area contributed by atoms with E-state index in [0.29, 0.717) is 49.6 Å². The van der Waals surface area contributed by atoms with Crippen LogP contribution in [0.5, 0.6) is 5.75 Å². The summed E-state index contributed by atoms with van der Waals surface area (Å²) in [7, 11) is 0. The SMILES string of the molecule is C[C@H](N)C(=O)N[C@@H](C)C(=O)N[C@@H](C)C(=O)OCCOc1ccc(-c2c(C#N)c(SCc3csc(-c4ccc(Cl)cc4)n3)nc(N3CCCC3)c2C#N)cc1. The molecule has 16 heteroatoms. The minimum absolute atomic E-state index is 0.0327. The number of carbonyl (C=O) groups excluding carboxylic acids is 3. The Morgan fingerprint density at radius 2 is 1.57 bits per heavy atom. The third kappa shape index (κ3) is 10.1. The van der Waals surface area contributed by atoms with Gasteiger partial charge in [-0.05, 0) is 63.4 Å². The number of pyridine rings is 1. The van der Waals surface area contributed by atoms with E-state index in [4.69, 9.17) is 36.8 Å². The zero-order valence-corrected chi connectivity index (χ0v) is 32.3. The third-order valence-corrected chi connectivity index (χ3v) is 10.6. The normalized spacial score (nSPS) is 13.9. The van der Waals surface area contributed by atoms with Crippen LogP contribution < -0.4 is 26.0 Å². The van der Waals surface area contributed by atoms with E-state index in [1.807, 2.05) is 29.6 Å². The Bertz CT molecular complexity index is 2060. The number of benzene rings is 2. The summed E-state index contributed by atoms with van der Waals surface area (Å²) in [4.78, 5) is 48.3. The Morgan fingerprint density at radius 3 is 2.22 bits per heavy atom. The molecular formula is C38H39ClN8O5S2. The molecule has 1 aliphatic rings. The number of anilines is 1. The number of amides is 2. The molecule has 1 fully saturated rings. The minimum atomic E-state index is -0.961. The lowest BCUT2D eigenvalue weighted by molar-refractivity contribution is -0.148. The van der Waals surface area contributed by atoms with Gasteiger partial charge in [0.15, 0.2) is 0 Å². The Kier molecular flexibility index (Phi) is 13.9. The van der Waals surface area contributed by atoms with Crippen molar-refractivity contribution in [1.29, 1.82) is 10.5 Å². The molecule has 4 N–H and O–H groups in total. The lowest BCUT2D eigenvalue weighted by atomic mass is 9.96. The van der Waals surface area contributed by atoms with Crippen LogP contribution in [0, 0.1) is 22.7 Å². The monoisotopic (exact) mass is 786 g/mol. The van der Waals surface area contributed by atoms with Gasteiger partial charge in [0.1, 0.15) is 64.6 Å². The number of esters is 1. The molecule has 280 valence electrons. The maximum atomic E-state index is 12.4. The summed E-state index contributed by atoms with van der Waals surface area (Å²) in [5.41, 5.74) is 9.13. The van der Waals surface area contributed by atoms with Crippen molar-refractivity contribution < 1.29 is 23.9 Å². The molecule has 0 bridgehead atoms. The van der Waals surface area contributed by atoms with Crippen LogP contribution >= 0.6 is 34.7 Å². The van der Waals surface area contributed by atoms with Gasteiger partial charge in [-0.25, -0.2) is 14.8 Å². The van der Waals surface area contributed by atoms with Crippen molar-refractivity contribution in [3.8, 4) is 39.6 Å². The lowest BCUT2D eigenvalue weighted by Crippen LogP contribution is -2.52. The van der Waals surface area contributed by atoms with Crippen LogP contribution in [-0.2, 0) is 24.9 Å². The first-order valence-corrected chi connectivity index (χ1v) is 19.5. The van der Waals surface area contributed by atoms with Crippen LogP contribution in [0.15, 0.2) is 58.9 Å². The lowest BCUT2D eigenvalue weighted by Gasteiger charge is -2.22. The van der Waals surface area contributed by atoms with E-state index >= 15 is 0 Å². The van der Waals surface area contributed by atoms with Gasteiger partial charge in [0.05, 0.1) is 17.3 Å². The zero-order chi connectivity index (χ0) is 38.8. The average Bonchev–Trinajstić information content (AvgIpc) is 3.89. The largest absolute Gasteiger partial charge is 0.490 e. The first-order chi connectivity index (χ1) is 26.0. The fourth-order valence-corrected chi connectivity index (χ4v) is 7.44. The van der Waals surface area contributed by atoms with Crippen molar-refractivity contribution in [2.75, 3.05) is 31.2 Å². The number of hydrogen-bond acceptors (Lipinski definition) is 13. The van der Waals surface area contributed by atoms with E-state index in [0.717, 1.165) is 42.2 Å². The number of thioether (sulfide) groups is 1. The predicted molar refractivity (Wildman–Crippen MR) is 208 cm³/mol. The van der Waals surface area contributed by atoms with E-state index in [1.165, 1.54) is 43.9 Å². The Balaban J connectivity index is 1.26. The summed E-state index contributed by atoms with van der Waals surface area (Å²) < 4.78 is 11.0. The van der Waals surface area contributed by atoms with Gasteiger partial charge in [-0.3, -0.25) is 9.59 Å². The number of rotatable bonds is 15. The van der Waals surface area contributed by atoms with Crippen molar-refractivity contribution in [2.24, 2.45) is 5.73 Å². The second kappa shape index (κ2) is 18.7. The van der Waals surface area contributed by atoms with Gasteiger partial charge in [0.25, 0.3) is 0 Å². The highest BCUT2D eigenvalue weighted by Gasteiger charge is 2.27. The fourth-order valence-electron chi connectivity index (χ4n) is 5.51. The quantitative estimate of drug-likeness (QED) is 0.0786. The molecule has 4 aromatic rings. The van der Waals surface area contributed by atoms with Gasteiger partial charge in [0, 0.05) is 40.4 Å². The molecule has 3 heterocycles. The molecule has 0 spiro atoms. The number of halogens is 1. The Morgan fingerprint density at radius 1 is 0.926 bits per heavy atom. The van der Waals surface area contributed by atoms with Crippen LogP contribution in [-0.4, -0.2) is 72.2 Å². The third-order valence-electron chi connectivity index (χ3n) is 8.39. The van der Waals surface area contributed by atoms with E-state index in [-0.39, 0.29) is 13.2 Å². The van der Waals surface area contributed by atoms with Crippen LogP contribution in [0.3, 0.4) is 0 Å². The summed E-state index contributed by atoms with van der Waals surface area (Å²) >= 11 is 8.99. The summed E-state index contributed by atoms with van der Waals surface area (Å²) in [5.74, 6) is -0.195. The molecule has 2 aromatic carbocycles. The van der Waals surface area contributed by atoms with Crippen molar-refractivity contribution in [3.63, 3.8) is 0 Å². The number of thiazole rings is 1. The molecule has 3 atom stereocenters. The molecular weight excluding hydrogens is 748 g/mol. The number of nitrogens with zero attached hydrogens (tertiary/aromatic N) is 5. The summed E-state index contributed by atoms with van der Waals surface area (Å²) in [6.07, 6.45) is 1.97. The Labute approximate surface area is 326 Å². The molecule has 1 aliphatic heterocycles. The van der Waals surface area contributed by atoms with E-state index in [2.05, 4.69) is 27.7 Å². The maximum Gasteiger partial charge on any atom is 0.328 e. The number of nitrogens with one attached hydrogen (secondary N) is 2. The molecule has 0 aliphatic carbocycles. The van der Waals surface area contributed by atoms with Crippen molar-refractivity contribution >= 4 is 58.3 Å². The highest BCUT2D eigenvalue weighted by Crippen LogP contribution is 2.40. The van der Waals surface area contributed by atoms with Gasteiger partial charge < -0.3 is 30.7 Å². The number of aromatic nitrogens is 2. The van der Waals surface area contributed by atoms with Crippen molar-refractivity contribution in [3.05, 3.63) is 75.8 Å². The Hall–Kier alpha value is -5.19. The van der Waals surface area contributed by atoms with Crippen molar-refractivity contribution in [2.45, 2.75) is 62.5 Å². The van der Waals surface area contributed by atoms with E-state index in [1.54, 1.807) is 24.3 Å². The van der Waals surface area contributed by atoms with Gasteiger partial charge in [-0.1, -0.05) is 47.6 Å². The average molecular weight is 787 g/mol. The molecule has 2 aromatic heterocycles. The molecule has 13 nitrogen and oxygen atoms in total. The first kappa shape index (κ1) is 40.0. The molecule has 0 saturated carbocycles. The molecule has 0 radical (unpaired) electrons. The molecule has 5 rings (SSSR count). The number of nitriles is 2. The smallest absolute Gasteiger partial charge is 0.328 e. The number of nitrogens with two attached hydrogens (primary N) is 1. The fraction of sp³-hybridized carbons (Fsp3) is 0.342. The molecule has 54 heavy (non-hydrogen) atoms. The second-order valence-corrected chi connectivity index (χ2v) is 14.8. The highest BCUT2D eigenvalue weighted by molar-refractivity contribution is 7.98.